The first-order valence-electron chi connectivity index (χ1n) is 21.2. The fourth-order valence-corrected chi connectivity index (χ4v) is 6.57. The van der Waals surface area contributed by atoms with Crippen LogP contribution in [0.1, 0.15) is 174 Å². The van der Waals surface area contributed by atoms with E-state index in [-0.39, 0.29) is 6.61 Å². The molecular weight excluding hydrogens is 662 g/mol. The minimum Gasteiger partial charge on any atom is -0.394 e. The van der Waals surface area contributed by atoms with E-state index < -0.39 is 61.5 Å². The summed E-state index contributed by atoms with van der Waals surface area (Å²) in [7, 11) is 0. The van der Waals surface area contributed by atoms with Crippen LogP contribution in [-0.4, -0.2) is 98.7 Å². The number of nitrogens with one attached hydrogen (secondary N) is 1. The molecule has 1 rings (SSSR count). The zero-order valence-electron chi connectivity index (χ0n) is 32.9. The van der Waals surface area contributed by atoms with E-state index in [9.17, 15) is 35.4 Å². The molecule has 8 unspecified atom stereocenters. The van der Waals surface area contributed by atoms with Gasteiger partial charge in [0.05, 0.1) is 25.4 Å². The number of hydrogen-bond donors (Lipinski definition) is 7. The van der Waals surface area contributed by atoms with E-state index in [1.54, 1.807) is 6.08 Å². The molecule has 0 saturated carbocycles. The van der Waals surface area contributed by atoms with Crippen molar-refractivity contribution in [2.24, 2.45) is 0 Å². The molecule has 306 valence electrons. The number of amides is 1. The van der Waals surface area contributed by atoms with Crippen molar-refractivity contribution < 1.29 is 44.9 Å². The van der Waals surface area contributed by atoms with Gasteiger partial charge in [-0.05, 0) is 44.9 Å². The number of unbranched alkanes of at least 4 members (excludes halogenated alkanes) is 21. The largest absolute Gasteiger partial charge is 0.394 e. The molecule has 0 aromatic carbocycles. The topological polar surface area (TPSA) is 169 Å². The number of ether oxygens (including phenoxy) is 2. The third-order valence-corrected chi connectivity index (χ3v) is 10.1. The van der Waals surface area contributed by atoms with Crippen LogP contribution < -0.4 is 5.32 Å². The van der Waals surface area contributed by atoms with E-state index >= 15 is 0 Å². The van der Waals surface area contributed by atoms with Crippen LogP contribution in [0.5, 0.6) is 0 Å². The standard InChI is InChI=1S/C42H79NO9/c1-3-5-7-9-11-13-15-17-19-21-23-25-27-29-31-36(46)41(50)43-34(33-51-42-40(49)39(48)38(47)37(32-44)52-42)35(45)30-28-26-24-22-20-18-16-14-12-10-8-6-4-2/h13,15,28,30,34-40,42,44-49H,3-12,14,16-27,29,31-33H2,1-2H3,(H,43,50)/b15-13-,30-28+. The summed E-state index contributed by atoms with van der Waals surface area (Å²) in [5.74, 6) is -0.623. The SMILES string of the molecule is CCCCCC/C=C\CCCCCCCCC(O)C(=O)NC(COC1OC(CO)C(O)C(O)C1O)C(O)/C=C/CCCCCCCCCCCCC. The molecule has 0 bridgehead atoms. The second-order valence-electron chi connectivity index (χ2n) is 14.9. The summed E-state index contributed by atoms with van der Waals surface area (Å²) in [6.45, 7) is 3.56. The van der Waals surface area contributed by atoms with Gasteiger partial charge in [0.2, 0.25) is 5.91 Å². The van der Waals surface area contributed by atoms with Crippen LogP contribution in [-0.2, 0) is 14.3 Å². The molecule has 1 fully saturated rings. The van der Waals surface area contributed by atoms with Crippen LogP contribution in [0.3, 0.4) is 0 Å². The van der Waals surface area contributed by atoms with Crippen molar-refractivity contribution in [3.05, 3.63) is 24.3 Å². The van der Waals surface area contributed by atoms with E-state index in [1.807, 2.05) is 6.08 Å². The number of aliphatic hydroxyl groups is 6. The number of hydrogen-bond acceptors (Lipinski definition) is 9. The molecule has 8 atom stereocenters. The second kappa shape index (κ2) is 33.0. The summed E-state index contributed by atoms with van der Waals surface area (Å²) in [6, 6.07) is -0.978. The van der Waals surface area contributed by atoms with Crippen molar-refractivity contribution in [1.82, 2.24) is 5.32 Å². The van der Waals surface area contributed by atoms with Gasteiger partial charge >= 0.3 is 0 Å². The van der Waals surface area contributed by atoms with E-state index in [4.69, 9.17) is 9.47 Å². The number of carbonyl (C=O) groups is 1. The van der Waals surface area contributed by atoms with Gasteiger partial charge in [0.15, 0.2) is 6.29 Å². The minimum absolute atomic E-state index is 0.303. The highest BCUT2D eigenvalue weighted by Crippen LogP contribution is 2.22. The van der Waals surface area contributed by atoms with Crippen LogP contribution in [0.25, 0.3) is 0 Å². The van der Waals surface area contributed by atoms with Crippen molar-refractivity contribution >= 4 is 5.91 Å². The second-order valence-corrected chi connectivity index (χ2v) is 14.9. The van der Waals surface area contributed by atoms with Gasteiger partial charge < -0.3 is 45.4 Å². The summed E-state index contributed by atoms with van der Waals surface area (Å²) in [5.41, 5.74) is 0. The number of aliphatic hydroxyl groups excluding tert-OH is 6. The molecule has 0 aromatic heterocycles. The fourth-order valence-electron chi connectivity index (χ4n) is 6.57. The van der Waals surface area contributed by atoms with E-state index in [2.05, 4.69) is 31.3 Å². The molecule has 10 heteroatoms. The Hall–Kier alpha value is -1.37. The summed E-state index contributed by atoms with van der Waals surface area (Å²) >= 11 is 0. The maximum absolute atomic E-state index is 13.0. The number of allylic oxidation sites excluding steroid dienone is 3. The Morgan fingerprint density at radius 2 is 1.12 bits per heavy atom. The lowest BCUT2D eigenvalue weighted by molar-refractivity contribution is -0.302. The Morgan fingerprint density at radius 1 is 0.654 bits per heavy atom. The normalized spacial score (nSPS) is 22.7. The monoisotopic (exact) mass is 742 g/mol. The Kier molecular flexibility index (Phi) is 30.9. The Morgan fingerprint density at radius 3 is 1.63 bits per heavy atom. The van der Waals surface area contributed by atoms with Crippen LogP contribution in [0.4, 0.5) is 0 Å². The van der Waals surface area contributed by atoms with Gasteiger partial charge in [-0.15, -0.1) is 0 Å². The molecule has 7 N–H and O–H groups in total. The first-order valence-corrected chi connectivity index (χ1v) is 21.2. The van der Waals surface area contributed by atoms with Crippen molar-refractivity contribution in [3.8, 4) is 0 Å². The highest BCUT2D eigenvalue weighted by atomic mass is 16.7. The van der Waals surface area contributed by atoms with Crippen molar-refractivity contribution in [3.63, 3.8) is 0 Å². The van der Waals surface area contributed by atoms with Gasteiger partial charge in [-0.25, -0.2) is 0 Å². The third kappa shape index (κ3) is 23.4. The average Bonchev–Trinajstić information content (AvgIpc) is 3.14. The highest BCUT2D eigenvalue weighted by Gasteiger charge is 2.44. The zero-order valence-corrected chi connectivity index (χ0v) is 32.9. The summed E-state index contributed by atoms with van der Waals surface area (Å²) in [4.78, 5) is 13.0. The van der Waals surface area contributed by atoms with Gasteiger partial charge in [-0.2, -0.15) is 0 Å². The minimum atomic E-state index is -1.61. The van der Waals surface area contributed by atoms with Crippen LogP contribution >= 0.6 is 0 Å². The Bertz CT molecular complexity index is 886. The van der Waals surface area contributed by atoms with Gasteiger partial charge in [-0.1, -0.05) is 154 Å². The lowest BCUT2D eigenvalue weighted by atomic mass is 9.99. The predicted octanol–water partition coefficient (Wildman–Crippen LogP) is 6.91. The molecule has 52 heavy (non-hydrogen) atoms. The molecule has 0 radical (unpaired) electrons. The molecule has 0 aromatic rings. The van der Waals surface area contributed by atoms with E-state index in [0.717, 1.165) is 44.9 Å². The number of rotatable bonds is 34. The molecule has 10 nitrogen and oxygen atoms in total. The number of carbonyl (C=O) groups excluding carboxylic acids is 1. The average molecular weight is 742 g/mol. The zero-order chi connectivity index (χ0) is 38.2. The third-order valence-electron chi connectivity index (χ3n) is 10.1. The summed E-state index contributed by atoms with van der Waals surface area (Å²) in [6.07, 6.45) is 26.9. The first kappa shape index (κ1) is 48.6. The summed E-state index contributed by atoms with van der Waals surface area (Å²) in [5, 5.41) is 64.4. The molecule has 0 aliphatic carbocycles. The Balaban J connectivity index is 2.48. The van der Waals surface area contributed by atoms with Crippen molar-refractivity contribution in [2.45, 2.75) is 223 Å². The van der Waals surface area contributed by atoms with Crippen LogP contribution in [0.15, 0.2) is 24.3 Å². The smallest absolute Gasteiger partial charge is 0.249 e. The molecule has 1 amide bonds. The quantitative estimate of drug-likeness (QED) is 0.0274. The molecular formula is C42H79NO9. The van der Waals surface area contributed by atoms with Gasteiger partial charge in [0.25, 0.3) is 0 Å². The van der Waals surface area contributed by atoms with Crippen LogP contribution in [0, 0.1) is 0 Å². The predicted molar refractivity (Wildman–Crippen MR) is 209 cm³/mol. The maximum atomic E-state index is 13.0. The molecule has 1 aliphatic rings. The first-order chi connectivity index (χ1) is 25.3. The lowest BCUT2D eigenvalue weighted by Crippen LogP contribution is -2.60. The Labute approximate surface area is 316 Å². The maximum Gasteiger partial charge on any atom is 0.249 e. The molecule has 0 spiro atoms. The van der Waals surface area contributed by atoms with Crippen molar-refractivity contribution in [2.75, 3.05) is 13.2 Å². The lowest BCUT2D eigenvalue weighted by Gasteiger charge is -2.40. The molecule has 1 aliphatic heterocycles. The van der Waals surface area contributed by atoms with Gasteiger partial charge in [-0.3, -0.25) is 4.79 Å². The van der Waals surface area contributed by atoms with E-state index in [1.165, 1.54) is 103 Å². The summed E-state index contributed by atoms with van der Waals surface area (Å²) < 4.78 is 11.1. The van der Waals surface area contributed by atoms with Gasteiger partial charge in [0, 0.05) is 0 Å². The highest BCUT2D eigenvalue weighted by molar-refractivity contribution is 5.80. The fraction of sp³-hybridized carbons (Fsp3) is 0.881. The molecule has 1 heterocycles. The van der Waals surface area contributed by atoms with E-state index in [0.29, 0.717) is 12.8 Å². The van der Waals surface area contributed by atoms with Crippen LogP contribution in [0.2, 0.25) is 0 Å². The van der Waals surface area contributed by atoms with Gasteiger partial charge in [0.1, 0.15) is 30.5 Å². The van der Waals surface area contributed by atoms with Crippen molar-refractivity contribution in [1.29, 1.82) is 0 Å². The molecule has 1 saturated heterocycles.